The van der Waals surface area contributed by atoms with E-state index in [0.717, 1.165) is 28.1 Å². The lowest BCUT2D eigenvalue weighted by Gasteiger charge is -2.29. The van der Waals surface area contributed by atoms with Crippen molar-refractivity contribution in [2.75, 3.05) is 16.8 Å². The molecule has 1 aliphatic heterocycles. The Balaban J connectivity index is 1.48. The van der Waals surface area contributed by atoms with Crippen molar-refractivity contribution in [2.24, 2.45) is 0 Å². The standard InChI is InChI=1S/C24H22N2O3/c1-16-7-12-20(17(2)13-16)25-24(28)19-10-8-18(9-11-19)14-26-21-5-3-4-6-22(21)29-15-23(26)27/h3-13H,14-15H2,1-2H3,(H,25,28). The van der Waals surface area contributed by atoms with Crippen LogP contribution in [0.25, 0.3) is 0 Å². The zero-order valence-electron chi connectivity index (χ0n) is 16.4. The highest BCUT2D eigenvalue weighted by Crippen LogP contribution is 2.32. The van der Waals surface area contributed by atoms with Gasteiger partial charge in [0, 0.05) is 11.3 Å². The summed E-state index contributed by atoms with van der Waals surface area (Å²) in [7, 11) is 0. The molecule has 0 aromatic heterocycles. The van der Waals surface area contributed by atoms with Crippen LogP contribution in [-0.2, 0) is 11.3 Å². The number of nitrogens with one attached hydrogen (secondary N) is 1. The minimum absolute atomic E-state index is 0.0351. The van der Waals surface area contributed by atoms with Crippen LogP contribution < -0.4 is 15.0 Å². The SMILES string of the molecule is Cc1ccc(NC(=O)c2ccc(CN3C(=O)COc4ccccc43)cc2)c(C)c1. The first-order chi connectivity index (χ1) is 14.0. The molecule has 0 radical (unpaired) electrons. The maximum Gasteiger partial charge on any atom is 0.265 e. The molecule has 5 nitrogen and oxygen atoms in total. The number of fused-ring (bicyclic) bond motifs is 1. The summed E-state index contributed by atoms with van der Waals surface area (Å²) in [6, 6.07) is 20.7. The predicted octanol–water partition coefficient (Wildman–Crippen LogP) is 4.48. The van der Waals surface area contributed by atoms with Crippen molar-refractivity contribution < 1.29 is 14.3 Å². The van der Waals surface area contributed by atoms with Crippen LogP contribution in [0.4, 0.5) is 11.4 Å². The molecule has 0 aliphatic carbocycles. The van der Waals surface area contributed by atoms with E-state index >= 15 is 0 Å². The van der Waals surface area contributed by atoms with Gasteiger partial charge in [0.05, 0.1) is 12.2 Å². The fourth-order valence-electron chi connectivity index (χ4n) is 3.42. The summed E-state index contributed by atoms with van der Waals surface area (Å²) in [5.74, 6) is 0.466. The van der Waals surface area contributed by atoms with Crippen molar-refractivity contribution in [1.82, 2.24) is 0 Å². The van der Waals surface area contributed by atoms with Crippen molar-refractivity contribution in [1.29, 1.82) is 0 Å². The van der Waals surface area contributed by atoms with Gasteiger partial charge >= 0.3 is 0 Å². The molecule has 1 aliphatic rings. The molecule has 0 saturated carbocycles. The Morgan fingerprint density at radius 3 is 2.55 bits per heavy atom. The highest BCUT2D eigenvalue weighted by Gasteiger charge is 2.25. The van der Waals surface area contributed by atoms with Gasteiger partial charge in [0.1, 0.15) is 5.75 Å². The summed E-state index contributed by atoms with van der Waals surface area (Å²) in [4.78, 5) is 26.6. The third-order valence-corrected chi connectivity index (χ3v) is 5.00. The highest BCUT2D eigenvalue weighted by atomic mass is 16.5. The number of hydrogen-bond donors (Lipinski definition) is 1. The number of para-hydroxylation sites is 2. The third kappa shape index (κ3) is 3.99. The van der Waals surface area contributed by atoms with Gasteiger partial charge in [0.15, 0.2) is 6.61 Å². The normalized spacial score (nSPS) is 12.9. The predicted molar refractivity (Wildman–Crippen MR) is 113 cm³/mol. The van der Waals surface area contributed by atoms with Gasteiger partial charge in [-0.2, -0.15) is 0 Å². The Hall–Kier alpha value is -3.60. The second kappa shape index (κ2) is 7.80. The van der Waals surface area contributed by atoms with Crippen LogP contribution in [0.2, 0.25) is 0 Å². The molecular formula is C24H22N2O3. The first-order valence-corrected chi connectivity index (χ1v) is 9.51. The quantitative estimate of drug-likeness (QED) is 0.719. The molecular weight excluding hydrogens is 364 g/mol. The fourth-order valence-corrected chi connectivity index (χ4v) is 3.42. The Morgan fingerprint density at radius 1 is 1.03 bits per heavy atom. The van der Waals surface area contributed by atoms with Gasteiger partial charge in [-0.05, 0) is 55.3 Å². The average molecular weight is 386 g/mol. The number of rotatable bonds is 4. The summed E-state index contributed by atoms with van der Waals surface area (Å²) >= 11 is 0. The monoisotopic (exact) mass is 386 g/mol. The Labute approximate surface area is 169 Å². The fraction of sp³-hybridized carbons (Fsp3) is 0.167. The van der Waals surface area contributed by atoms with Crippen molar-refractivity contribution in [3.8, 4) is 5.75 Å². The van der Waals surface area contributed by atoms with E-state index in [4.69, 9.17) is 4.74 Å². The minimum atomic E-state index is -0.156. The van der Waals surface area contributed by atoms with Crippen LogP contribution >= 0.6 is 0 Å². The summed E-state index contributed by atoms with van der Waals surface area (Å²) in [5, 5.41) is 2.95. The van der Waals surface area contributed by atoms with Crippen LogP contribution in [0, 0.1) is 13.8 Å². The molecule has 0 unspecified atom stereocenters. The smallest absolute Gasteiger partial charge is 0.265 e. The number of anilines is 2. The van der Waals surface area contributed by atoms with Gasteiger partial charge in [0.25, 0.3) is 11.8 Å². The van der Waals surface area contributed by atoms with E-state index < -0.39 is 0 Å². The zero-order valence-corrected chi connectivity index (χ0v) is 16.4. The maximum absolute atomic E-state index is 12.6. The van der Waals surface area contributed by atoms with Crippen molar-refractivity contribution in [3.05, 3.63) is 89.0 Å². The van der Waals surface area contributed by atoms with Crippen LogP contribution in [0.1, 0.15) is 27.0 Å². The van der Waals surface area contributed by atoms with E-state index in [9.17, 15) is 9.59 Å². The number of carbonyl (C=O) groups excluding carboxylic acids is 2. The van der Waals surface area contributed by atoms with E-state index in [1.165, 1.54) is 0 Å². The number of nitrogens with zero attached hydrogens (tertiary/aromatic N) is 1. The molecule has 29 heavy (non-hydrogen) atoms. The second-order valence-corrected chi connectivity index (χ2v) is 7.21. The lowest BCUT2D eigenvalue weighted by atomic mass is 10.1. The van der Waals surface area contributed by atoms with Crippen molar-refractivity contribution >= 4 is 23.2 Å². The van der Waals surface area contributed by atoms with E-state index in [0.29, 0.717) is 17.9 Å². The average Bonchev–Trinajstić information content (AvgIpc) is 2.72. The molecule has 0 bridgehead atoms. The number of benzene rings is 3. The Morgan fingerprint density at radius 2 is 1.79 bits per heavy atom. The van der Waals surface area contributed by atoms with E-state index in [1.54, 1.807) is 17.0 Å². The Bertz CT molecular complexity index is 1070. The summed E-state index contributed by atoms with van der Waals surface area (Å²) in [6.45, 7) is 4.46. The summed E-state index contributed by atoms with van der Waals surface area (Å²) in [6.07, 6.45) is 0. The Kier molecular flexibility index (Phi) is 5.04. The van der Waals surface area contributed by atoms with Gasteiger partial charge in [-0.15, -0.1) is 0 Å². The second-order valence-electron chi connectivity index (χ2n) is 7.21. The van der Waals surface area contributed by atoms with Crippen LogP contribution in [0.3, 0.4) is 0 Å². The first-order valence-electron chi connectivity index (χ1n) is 9.51. The van der Waals surface area contributed by atoms with Gasteiger partial charge in [-0.25, -0.2) is 0 Å². The molecule has 0 fully saturated rings. The van der Waals surface area contributed by atoms with Crippen LogP contribution in [0.15, 0.2) is 66.7 Å². The molecule has 0 atom stereocenters. The van der Waals surface area contributed by atoms with Crippen LogP contribution in [-0.4, -0.2) is 18.4 Å². The van der Waals surface area contributed by atoms with E-state index in [2.05, 4.69) is 5.32 Å². The molecule has 3 aromatic rings. The van der Waals surface area contributed by atoms with Crippen molar-refractivity contribution in [2.45, 2.75) is 20.4 Å². The summed E-state index contributed by atoms with van der Waals surface area (Å²) in [5.41, 5.74) is 5.27. The van der Waals surface area contributed by atoms with Crippen LogP contribution in [0.5, 0.6) is 5.75 Å². The molecule has 0 saturated heterocycles. The summed E-state index contributed by atoms with van der Waals surface area (Å²) < 4.78 is 5.48. The lowest BCUT2D eigenvalue weighted by molar-refractivity contribution is -0.121. The molecule has 0 spiro atoms. The van der Waals surface area contributed by atoms with E-state index in [-0.39, 0.29) is 18.4 Å². The maximum atomic E-state index is 12.6. The molecule has 3 aromatic carbocycles. The van der Waals surface area contributed by atoms with Crippen molar-refractivity contribution in [3.63, 3.8) is 0 Å². The molecule has 4 rings (SSSR count). The molecule has 146 valence electrons. The molecule has 1 N–H and O–H groups in total. The first kappa shape index (κ1) is 18.7. The minimum Gasteiger partial charge on any atom is -0.482 e. The van der Waals surface area contributed by atoms with Gasteiger partial charge < -0.3 is 15.0 Å². The number of ether oxygens (including phenoxy) is 1. The van der Waals surface area contributed by atoms with E-state index in [1.807, 2.05) is 68.4 Å². The highest BCUT2D eigenvalue weighted by molar-refractivity contribution is 6.04. The van der Waals surface area contributed by atoms with Gasteiger partial charge in [-0.1, -0.05) is 42.0 Å². The molecule has 2 amide bonds. The van der Waals surface area contributed by atoms with Gasteiger partial charge in [-0.3, -0.25) is 9.59 Å². The molecule has 1 heterocycles. The lowest BCUT2D eigenvalue weighted by Crippen LogP contribution is -2.38. The topological polar surface area (TPSA) is 58.6 Å². The van der Waals surface area contributed by atoms with Gasteiger partial charge in [0.2, 0.25) is 0 Å². The number of amides is 2. The third-order valence-electron chi connectivity index (χ3n) is 5.00. The number of aryl methyl sites for hydroxylation is 2. The largest absolute Gasteiger partial charge is 0.482 e. The number of carbonyl (C=O) groups is 2. The number of hydrogen-bond acceptors (Lipinski definition) is 3. The zero-order chi connectivity index (χ0) is 20.4. The molecule has 5 heteroatoms.